The molecule has 98 valence electrons. The van der Waals surface area contributed by atoms with Crippen LogP contribution in [0.2, 0.25) is 5.02 Å². The van der Waals surface area contributed by atoms with Crippen LogP contribution < -0.4 is 0 Å². The van der Waals surface area contributed by atoms with E-state index in [2.05, 4.69) is 9.88 Å². The van der Waals surface area contributed by atoms with Crippen LogP contribution in [0.15, 0.2) is 18.3 Å². The van der Waals surface area contributed by atoms with E-state index >= 15 is 0 Å². The Kier molecular flexibility index (Phi) is 4.52. The van der Waals surface area contributed by atoms with Gasteiger partial charge in [-0.2, -0.15) is 0 Å². The van der Waals surface area contributed by atoms with Crippen LogP contribution >= 0.6 is 11.6 Å². The zero-order valence-corrected chi connectivity index (χ0v) is 10.8. The molecule has 1 saturated heterocycles. The van der Waals surface area contributed by atoms with E-state index in [4.69, 9.17) is 16.7 Å². The van der Waals surface area contributed by atoms with Gasteiger partial charge in [0.05, 0.1) is 11.6 Å². The maximum Gasteiger partial charge on any atom is 0.272 e. The van der Waals surface area contributed by atoms with E-state index in [9.17, 15) is 4.79 Å². The zero-order valence-electron chi connectivity index (χ0n) is 10.0. The summed E-state index contributed by atoms with van der Waals surface area (Å²) in [5, 5.41) is 9.38. The Labute approximate surface area is 111 Å². The molecule has 1 aromatic rings. The van der Waals surface area contributed by atoms with Crippen molar-refractivity contribution < 1.29 is 9.90 Å². The second kappa shape index (κ2) is 6.13. The first-order valence-corrected chi connectivity index (χ1v) is 6.32. The Hall–Kier alpha value is -1.17. The van der Waals surface area contributed by atoms with Crippen molar-refractivity contribution in [3.63, 3.8) is 0 Å². The fourth-order valence-electron chi connectivity index (χ4n) is 1.98. The van der Waals surface area contributed by atoms with Crippen LogP contribution in [0.5, 0.6) is 0 Å². The number of pyridine rings is 1. The van der Waals surface area contributed by atoms with Gasteiger partial charge < -0.3 is 10.0 Å². The fourth-order valence-corrected chi connectivity index (χ4v) is 2.09. The second-order valence-corrected chi connectivity index (χ2v) is 4.66. The third-order valence-electron chi connectivity index (χ3n) is 3.02. The van der Waals surface area contributed by atoms with Crippen molar-refractivity contribution in [3.8, 4) is 0 Å². The van der Waals surface area contributed by atoms with E-state index in [0.29, 0.717) is 30.4 Å². The Bertz CT molecular complexity index is 402. The number of aromatic nitrogens is 1. The minimum absolute atomic E-state index is 0.0599. The van der Waals surface area contributed by atoms with Gasteiger partial charge in [-0.15, -0.1) is 0 Å². The number of rotatable bonds is 3. The molecular weight excluding hydrogens is 254 g/mol. The molecule has 1 aromatic heterocycles. The van der Waals surface area contributed by atoms with Crippen LogP contribution in [0.4, 0.5) is 0 Å². The highest BCUT2D eigenvalue weighted by atomic mass is 35.5. The SMILES string of the molecule is O=C(c1ccc(Cl)cn1)N1CCN(CCO)CC1. The minimum atomic E-state index is -0.0599. The lowest BCUT2D eigenvalue weighted by Crippen LogP contribution is -2.49. The number of nitrogens with zero attached hydrogens (tertiary/aromatic N) is 3. The first-order chi connectivity index (χ1) is 8.70. The molecule has 18 heavy (non-hydrogen) atoms. The number of β-amino-alcohol motifs (C(OH)–C–C–N with tert-alkyl or cyclic N) is 1. The lowest BCUT2D eigenvalue weighted by atomic mass is 10.2. The Morgan fingerprint density at radius 3 is 2.61 bits per heavy atom. The quantitative estimate of drug-likeness (QED) is 0.868. The molecule has 6 heteroatoms. The third kappa shape index (κ3) is 3.19. The molecule has 2 rings (SSSR count). The summed E-state index contributed by atoms with van der Waals surface area (Å²) in [6.45, 7) is 3.75. The molecule has 1 N–H and O–H groups in total. The number of hydrogen-bond donors (Lipinski definition) is 1. The second-order valence-electron chi connectivity index (χ2n) is 4.22. The first-order valence-electron chi connectivity index (χ1n) is 5.95. The van der Waals surface area contributed by atoms with Crippen molar-refractivity contribution >= 4 is 17.5 Å². The molecule has 1 aliphatic heterocycles. The van der Waals surface area contributed by atoms with Gasteiger partial charge >= 0.3 is 0 Å². The van der Waals surface area contributed by atoms with Gasteiger partial charge in [0.2, 0.25) is 0 Å². The number of halogens is 1. The van der Waals surface area contributed by atoms with Crippen molar-refractivity contribution in [2.24, 2.45) is 0 Å². The average Bonchev–Trinajstić information content (AvgIpc) is 2.40. The topological polar surface area (TPSA) is 56.7 Å². The molecule has 0 atom stereocenters. The van der Waals surface area contributed by atoms with Crippen molar-refractivity contribution in [2.45, 2.75) is 0 Å². The van der Waals surface area contributed by atoms with Crippen LogP contribution in [-0.4, -0.2) is 65.1 Å². The summed E-state index contributed by atoms with van der Waals surface area (Å²) in [4.78, 5) is 20.1. The summed E-state index contributed by atoms with van der Waals surface area (Å²) in [7, 11) is 0. The average molecular weight is 270 g/mol. The lowest BCUT2D eigenvalue weighted by molar-refractivity contribution is 0.0609. The lowest BCUT2D eigenvalue weighted by Gasteiger charge is -2.34. The number of carbonyl (C=O) groups is 1. The van der Waals surface area contributed by atoms with E-state index in [1.165, 1.54) is 6.20 Å². The van der Waals surface area contributed by atoms with Crippen LogP contribution in [0, 0.1) is 0 Å². The fraction of sp³-hybridized carbons (Fsp3) is 0.500. The molecule has 0 radical (unpaired) electrons. The van der Waals surface area contributed by atoms with E-state index in [1.54, 1.807) is 17.0 Å². The number of aliphatic hydroxyl groups excluding tert-OH is 1. The van der Waals surface area contributed by atoms with Gasteiger partial charge in [-0.3, -0.25) is 9.69 Å². The van der Waals surface area contributed by atoms with Gasteiger partial charge in [-0.05, 0) is 12.1 Å². The van der Waals surface area contributed by atoms with Crippen LogP contribution in [0.1, 0.15) is 10.5 Å². The molecule has 1 amide bonds. The van der Waals surface area contributed by atoms with E-state index in [-0.39, 0.29) is 12.5 Å². The number of piperazine rings is 1. The number of amides is 1. The summed E-state index contributed by atoms with van der Waals surface area (Å²) in [6.07, 6.45) is 1.48. The highest BCUT2D eigenvalue weighted by Gasteiger charge is 2.22. The normalized spacial score (nSPS) is 16.9. The molecule has 0 saturated carbocycles. The smallest absolute Gasteiger partial charge is 0.272 e. The van der Waals surface area contributed by atoms with Crippen molar-refractivity contribution in [1.29, 1.82) is 0 Å². The number of aliphatic hydroxyl groups is 1. The summed E-state index contributed by atoms with van der Waals surface area (Å²) in [6, 6.07) is 3.31. The standard InChI is InChI=1S/C12H16ClN3O2/c13-10-1-2-11(14-9-10)12(18)16-5-3-15(4-6-16)7-8-17/h1-2,9,17H,3-8H2. The van der Waals surface area contributed by atoms with Gasteiger partial charge in [-0.1, -0.05) is 11.6 Å². The predicted molar refractivity (Wildman–Crippen MR) is 68.7 cm³/mol. The number of hydrogen-bond acceptors (Lipinski definition) is 4. The van der Waals surface area contributed by atoms with Crippen LogP contribution in [0.3, 0.4) is 0 Å². The molecule has 0 spiro atoms. The van der Waals surface area contributed by atoms with E-state index in [0.717, 1.165) is 13.1 Å². The van der Waals surface area contributed by atoms with Crippen molar-refractivity contribution in [3.05, 3.63) is 29.0 Å². The zero-order chi connectivity index (χ0) is 13.0. The highest BCUT2D eigenvalue weighted by molar-refractivity contribution is 6.30. The summed E-state index contributed by atoms with van der Waals surface area (Å²) in [5.41, 5.74) is 0.426. The van der Waals surface area contributed by atoms with Gasteiger partial charge in [0.25, 0.3) is 5.91 Å². The Morgan fingerprint density at radius 1 is 1.33 bits per heavy atom. The van der Waals surface area contributed by atoms with Crippen molar-refractivity contribution in [2.75, 3.05) is 39.3 Å². The molecule has 0 aliphatic carbocycles. The molecule has 0 aromatic carbocycles. The van der Waals surface area contributed by atoms with Gasteiger partial charge in [-0.25, -0.2) is 4.98 Å². The summed E-state index contributed by atoms with van der Waals surface area (Å²) in [5.74, 6) is -0.0599. The Balaban J connectivity index is 1.93. The maximum atomic E-state index is 12.1. The van der Waals surface area contributed by atoms with Gasteiger partial charge in [0.15, 0.2) is 0 Å². The maximum absolute atomic E-state index is 12.1. The summed E-state index contributed by atoms with van der Waals surface area (Å²) < 4.78 is 0. The summed E-state index contributed by atoms with van der Waals surface area (Å²) >= 11 is 5.74. The monoisotopic (exact) mass is 269 g/mol. The van der Waals surface area contributed by atoms with Gasteiger partial charge in [0.1, 0.15) is 5.69 Å². The largest absolute Gasteiger partial charge is 0.395 e. The number of carbonyl (C=O) groups excluding carboxylic acids is 1. The van der Waals surface area contributed by atoms with Crippen molar-refractivity contribution in [1.82, 2.24) is 14.8 Å². The first kappa shape index (κ1) is 13.3. The molecule has 1 fully saturated rings. The van der Waals surface area contributed by atoms with E-state index < -0.39 is 0 Å². The van der Waals surface area contributed by atoms with Crippen LogP contribution in [-0.2, 0) is 0 Å². The van der Waals surface area contributed by atoms with E-state index in [1.807, 2.05) is 0 Å². The van der Waals surface area contributed by atoms with Crippen LogP contribution in [0.25, 0.3) is 0 Å². The molecule has 0 bridgehead atoms. The third-order valence-corrected chi connectivity index (χ3v) is 3.25. The predicted octanol–water partition coefficient (Wildman–Crippen LogP) is 0.485. The highest BCUT2D eigenvalue weighted by Crippen LogP contribution is 2.10. The molecule has 5 nitrogen and oxygen atoms in total. The molecule has 2 heterocycles. The molecular formula is C12H16ClN3O2. The molecule has 0 unspecified atom stereocenters. The van der Waals surface area contributed by atoms with Gasteiger partial charge in [0, 0.05) is 38.9 Å². The minimum Gasteiger partial charge on any atom is -0.395 e. The Morgan fingerprint density at radius 2 is 2.06 bits per heavy atom. The molecule has 1 aliphatic rings.